The van der Waals surface area contributed by atoms with Crippen LogP contribution in [0.25, 0.3) is 10.6 Å². The summed E-state index contributed by atoms with van der Waals surface area (Å²) in [6, 6.07) is 5.32. The van der Waals surface area contributed by atoms with Crippen molar-refractivity contribution in [2.45, 2.75) is 0 Å². The van der Waals surface area contributed by atoms with E-state index in [1.54, 1.807) is 18.2 Å². The number of nitrogens with one attached hydrogen (secondary N) is 1. The molecule has 1 aromatic carbocycles. The van der Waals surface area contributed by atoms with Crippen LogP contribution in [-0.2, 0) is 10.0 Å². The number of thiazole rings is 1. The summed E-state index contributed by atoms with van der Waals surface area (Å²) in [4.78, 5) is 16.1. The van der Waals surface area contributed by atoms with Crippen molar-refractivity contribution in [3.63, 3.8) is 0 Å². The predicted octanol–water partition coefficient (Wildman–Crippen LogP) is 1.23. The number of aromatic nitrogens is 1. The topological polar surface area (TPSA) is 94.6 Å². The van der Waals surface area contributed by atoms with Gasteiger partial charge in [-0.25, -0.2) is 18.1 Å². The molecule has 1 aliphatic rings. The van der Waals surface area contributed by atoms with Gasteiger partial charge in [0.15, 0.2) is 11.5 Å². The minimum absolute atomic E-state index is 0.179. The van der Waals surface area contributed by atoms with Crippen molar-refractivity contribution in [2.24, 2.45) is 0 Å². The molecule has 3 rings (SSSR count). The first kappa shape index (κ1) is 13.8. The fourth-order valence-corrected chi connectivity index (χ4v) is 3.08. The Kier molecular flexibility index (Phi) is 3.30. The number of carbonyl (C=O) groups excluding carboxylic acids is 1. The highest BCUT2D eigenvalue weighted by molar-refractivity contribution is 7.89. The molecule has 1 aromatic heterocycles. The summed E-state index contributed by atoms with van der Waals surface area (Å²) in [5.74, 6) is 0.581. The first-order chi connectivity index (χ1) is 9.92. The number of fused-ring (bicyclic) bond motifs is 1. The smallest absolute Gasteiger partial charge is 0.276 e. The number of ether oxygens (including phenoxy) is 2. The van der Waals surface area contributed by atoms with Gasteiger partial charge in [-0.2, -0.15) is 0 Å². The lowest BCUT2D eigenvalue weighted by atomic mass is 10.2. The summed E-state index contributed by atoms with van der Waals surface area (Å²) in [5, 5.41) is 0.590. The van der Waals surface area contributed by atoms with Gasteiger partial charge in [0.2, 0.25) is 16.8 Å². The van der Waals surface area contributed by atoms with E-state index in [9.17, 15) is 13.2 Å². The molecule has 0 aliphatic carbocycles. The third-order valence-electron chi connectivity index (χ3n) is 2.63. The molecule has 0 fully saturated rings. The first-order valence-electron chi connectivity index (χ1n) is 5.80. The third-order valence-corrected chi connectivity index (χ3v) is 4.23. The van der Waals surface area contributed by atoms with Crippen LogP contribution in [0.2, 0.25) is 0 Å². The maximum Gasteiger partial charge on any atom is 0.276 e. The van der Waals surface area contributed by atoms with Gasteiger partial charge in [0.1, 0.15) is 9.88 Å². The minimum Gasteiger partial charge on any atom is -0.454 e. The Morgan fingerprint density at radius 2 is 2.10 bits per heavy atom. The monoisotopic (exact) mass is 326 g/mol. The van der Waals surface area contributed by atoms with Crippen LogP contribution in [0.15, 0.2) is 24.4 Å². The fourth-order valence-electron chi connectivity index (χ4n) is 1.76. The van der Waals surface area contributed by atoms with Gasteiger partial charge in [-0.05, 0) is 18.2 Å². The molecule has 0 bridgehead atoms. The molecule has 1 amide bonds. The molecule has 110 valence electrons. The van der Waals surface area contributed by atoms with Gasteiger partial charge in [-0.3, -0.25) is 4.79 Å². The van der Waals surface area contributed by atoms with Crippen molar-refractivity contribution < 1.29 is 22.7 Å². The molecule has 21 heavy (non-hydrogen) atoms. The lowest BCUT2D eigenvalue weighted by molar-refractivity contribution is 0.0985. The Labute approximate surface area is 124 Å². The highest BCUT2D eigenvalue weighted by Gasteiger charge is 2.18. The molecular weight excluding hydrogens is 316 g/mol. The standard InChI is InChI=1S/C12H10N2O5S2/c1-21(16,17)14-11(15)10-5-13-12(20-10)7-2-3-8-9(4-7)19-6-18-8/h2-5H,6H2,1H3,(H,14,15). The summed E-state index contributed by atoms with van der Waals surface area (Å²) in [6.45, 7) is 0.179. The molecule has 0 spiro atoms. The summed E-state index contributed by atoms with van der Waals surface area (Å²) in [7, 11) is -3.59. The van der Waals surface area contributed by atoms with E-state index >= 15 is 0 Å². The van der Waals surface area contributed by atoms with Gasteiger partial charge < -0.3 is 9.47 Å². The number of amides is 1. The average molecular weight is 326 g/mol. The highest BCUT2D eigenvalue weighted by atomic mass is 32.2. The van der Waals surface area contributed by atoms with E-state index in [1.807, 2.05) is 4.72 Å². The van der Waals surface area contributed by atoms with E-state index in [2.05, 4.69) is 4.98 Å². The molecule has 2 aromatic rings. The lowest BCUT2D eigenvalue weighted by Gasteiger charge is -1.99. The Morgan fingerprint density at radius 1 is 1.33 bits per heavy atom. The van der Waals surface area contributed by atoms with Crippen LogP contribution in [-0.4, -0.2) is 32.4 Å². The van der Waals surface area contributed by atoms with Gasteiger partial charge in [-0.15, -0.1) is 11.3 Å². The zero-order valence-corrected chi connectivity index (χ0v) is 12.5. The number of carbonyl (C=O) groups is 1. The second kappa shape index (κ2) is 5.01. The van der Waals surface area contributed by atoms with E-state index in [-0.39, 0.29) is 11.7 Å². The zero-order valence-electron chi connectivity index (χ0n) is 10.8. The summed E-state index contributed by atoms with van der Waals surface area (Å²) >= 11 is 1.10. The number of benzene rings is 1. The normalized spacial score (nSPS) is 13.2. The number of sulfonamides is 1. The summed E-state index contributed by atoms with van der Waals surface area (Å²) in [5.41, 5.74) is 0.766. The molecule has 0 saturated carbocycles. The number of nitrogens with zero attached hydrogens (tertiary/aromatic N) is 1. The molecule has 1 aliphatic heterocycles. The van der Waals surface area contributed by atoms with E-state index < -0.39 is 15.9 Å². The van der Waals surface area contributed by atoms with Crippen molar-refractivity contribution >= 4 is 27.3 Å². The minimum atomic E-state index is -3.59. The van der Waals surface area contributed by atoms with Crippen LogP contribution < -0.4 is 14.2 Å². The van der Waals surface area contributed by atoms with Crippen LogP contribution in [0.3, 0.4) is 0 Å². The second-order valence-electron chi connectivity index (χ2n) is 4.30. The van der Waals surface area contributed by atoms with Crippen LogP contribution in [0, 0.1) is 0 Å². The number of rotatable bonds is 3. The molecule has 7 nitrogen and oxygen atoms in total. The summed E-state index contributed by atoms with van der Waals surface area (Å²) < 4.78 is 34.5. The predicted molar refractivity (Wildman–Crippen MR) is 76.0 cm³/mol. The van der Waals surface area contributed by atoms with Crippen LogP contribution in [0.1, 0.15) is 9.67 Å². The van der Waals surface area contributed by atoms with Crippen molar-refractivity contribution in [1.82, 2.24) is 9.71 Å². The molecule has 1 N–H and O–H groups in total. The Balaban J connectivity index is 1.86. The van der Waals surface area contributed by atoms with Gasteiger partial charge in [0.05, 0.1) is 12.5 Å². The maximum atomic E-state index is 11.7. The molecule has 0 unspecified atom stereocenters. The summed E-state index contributed by atoms with van der Waals surface area (Å²) in [6.07, 6.45) is 2.26. The molecule has 0 saturated heterocycles. The SMILES string of the molecule is CS(=O)(=O)NC(=O)c1cnc(-c2ccc3c(c2)OCO3)s1. The fraction of sp³-hybridized carbons (Fsp3) is 0.167. The Bertz CT molecular complexity index is 813. The zero-order chi connectivity index (χ0) is 15.0. The van der Waals surface area contributed by atoms with Crippen LogP contribution in [0.5, 0.6) is 11.5 Å². The molecule has 0 atom stereocenters. The van der Waals surface area contributed by atoms with Crippen molar-refractivity contribution in [3.8, 4) is 22.1 Å². The third kappa shape index (κ3) is 2.98. The van der Waals surface area contributed by atoms with Crippen LogP contribution in [0.4, 0.5) is 0 Å². The van der Waals surface area contributed by atoms with Crippen molar-refractivity contribution in [3.05, 3.63) is 29.3 Å². The van der Waals surface area contributed by atoms with E-state index in [4.69, 9.17) is 9.47 Å². The van der Waals surface area contributed by atoms with Gasteiger partial charge in [-0.1, -0.05) is 0 Å². The van der Waals surface area contributed by atoms with E-state index in [0.717, 1.165) is 23.2 Å². The quantitative estimate of drug-likeness (QED) is 0.911. The molecule has 0 radical (unpaired) electrons. The Hall–Kier alpha value is -2.13. The largest absolute Gasteiger partial charge is 0.454 e. The van der Waals surface area contributed by atoms with E-state index in [0.29, 0.717) is 16.5 Å². The highest BCUT2D eigenvalue weighted by Crippen LogP contribution is 2.36. The second-order valence-corrected chi connectivity index (χ2v) is 7.08. The van der Waals surface area contributed by atoms with Crippen molar-refractivity contribution in [2.75, 3.05) is 13.0 Å². The average Bonchev–Trinajstić information content (AvgIpc) is 3.05. The molecule has 2 heterocycles. The van der Waals surface area contributed by atoms with E-state index in [1.165, 1.54) is 6.20 Å². The molecular formula is C12H10N2O5S2. The van der Waals surface area contributed by atoms with Gasteiger partial charge >= 0.3 is 0 Å². The van der Waals surface area contributed by atoms with Crippen LogP contribution >= 0.6 is 11.3 Å². The first-order valence-corrected chi connectivity index (χ1v) is 8.51. The van der Waals surface area contributed by atoms with Crippen molar-refractivity contribution in [1.29, 1.82) is 0 Å². The molecule has 9 heteroatoms. The number of hydrogen-bond donors (Lipinski definition) is 1. The lowest BCUT2D eigenvalue weighted by Crippen LogP contribution is -2.28. The Morgan fingerprint density at radius 3 is 2.86 bits per heavy atom. The number of hydrogen-bond acceptors (Lipinski definition) is 7. The van der Waals surface area contributed by atoms with Gasteiger partial charge in [0, 0.05) is 5.56 Å². The maximum absolute atomic E-state index is 11.7. The van der Waals surface area contributed by atoms with Gasteiger partial charge in [0.25, 0.3) is 5.91 Å².